The van der Waals surface area contributed by atoms with Crippen molar-refractivity contribution < 1.29 is 9.47 Å². The van der Waals surface area contributed by atoms with Gasteiger partial charge in [0.2, 0.25) is 0 Å². The third-order valence-corrected chi connectivity index (χ3v) is 9.85. The molecule has 116 valence electrons. The van der Waals surface area contributed by atoms with Crippen LogP contribution in [0.25, 0.3) is 0 Å². The Hall–Kier alpha value is 0.274. The van der Waals surface area contributed by atoms with E-state index in [1.807, 2.05) is 0 Å². The average molecular weight is 307 g/mol. The predicted octanol–water partition coefficient (Wildman–Crippen LogP) is 0.243. The first-order valence-electron chi connectivity index (χ1n) is 7.71. The van der Waals surface area contributed by atoms with Crippen LogP contribution in [0.15, 0.2) is 0 Å². The van der Waals surface area contributed by atoms with Gasteiger partial charge in [-0.2, -0.15) is 0 Å². The number of hydrogen-bond donors (Lipinski definition) is 0. The summed E-state index contributed by atoms with van der Waals surface area (Å²) in [4.78, 5) is 5.25. The molecule has 0 N–H and O–H groups in total. The van der Waals surface area contributed by atoms with Crippen molar-refractivity contribution in [3.05, 3.63) is 0 Å². The molecule has 0 aromatic heterocycles. The van der Waals surface area contributed by atoms with E-state index < -0.39 is 0 Å². The van der Waals surface area contributed by atoms with Crippen molar-refractivity contribution in [1.82, 2.24) is 9.80 Å². The molecule has 0 saturated heterocycles. The fourth-order valence-electron chi connectivity index (χ4n) is 2.69. The van der Waals surface area contributed by atoms with E-state index in [0.29, 0.717) is 5.79 Å². The third-order valence-electron chi connectivity index (χ3n) is 3.90. The molecule has 0 radical (unpaired) electrons. The number of methoxy groups -OCH3 is 2. The lowest BCUT2D eigenvalue weighted by atomic mass is 10.5. The highest BCUT2D eigenvalue weighted by Crippen LogP contribution is 2.07. The molecule has 0 unspecified atom stereocenters. The Balaban J connectivity index is 4.41. The monoisotopic (exact) mass is 306 g/mol. The molecule has 0 fully saturated rings. The van der Waals surface area contributed by atoms with Gasteiger partial charge in [-0.15, -0.1) is 0 Å². The predicted molar refractivity (Wildman–Crippen MR) is 89.3 cm³/mol. The average Bonchev–Trinajstić information content (AvgIpc) is 2.45. The van der Waals surface area contributed by atoms with E-state index in [2.05, 4.69) is 37.5 Å². The van der Waals surface area contributed by atoms with E-state index in [9.17, 15) is 0 Å². The first-order chi connectivity index (χ1) is 9.18. The summed E-state index contributed by atoms with van der Waals surface area (Å²) in [6.45, 7) is 13.7. The van der Waals surface area contributed by atoms with Gasteiger partial charge < -0.3 is 9.47 Å². The van der Waals surface area contributed by atoms with Crippen molar-refractivity contribution in [1.29, 1.82) is 0 Å². The fourth-order valence-corrected chi connectivity index (χ4v) is 8.66. The van der Waals surface area contributed by atoms with Crippen molar-refractivity contribution in [3.63, 3.8) is 0 Å². The molecule has 0 aliphatic rings. The van der Waals surface area contributed by atoms with Gasteiger partial charge in [-0.3, -0.25) is 9.80 Å². The second kappa shape index (κ2) is 12.0. The number of nitrogens with zero attached hydrogens (tertiary/aromatic N) is 2. The second-order valence-corrected chi connectivity index (χ2v) is 10.1. The molecule has 0 aromatic rings. The first-order valence-corrected chi connectivity index (χ1v) is 11.3. The van der Waals surface area contributed by atoms with Crippen LogP contribution in [0, 0.1) is 0 Å². The normalized spacial score (nSPS) is 13.6. The van der Waals surface area contributed by atoms with Crippen LogP contribution >= 0.6 is 0 Å². The van der Waals surface area contributed by atoms with Crippen LogP contribution in [0.2, 0.25) is 5.67 Å². The van der Waals surface area contributed by atoms with E-state index in [-0.39, 0.29) is 25.0 Å². The van der Waals surface area contributed by atoms with Crippen LogP contribution < -0.4 is 0 Å². The van der Waals surface area contributed by atoms with Crippen LogP contribution in [0.4, 0.5) is 0 Å². The summed E-state index contributed by atoms with van der Waals surface area (Å²) in [5, 5.41) is 0. The number of hydrogen-bond acceptors (Lipinski definition) is 4. The maximum absolute atomic E-state index is 5.34. The van der Waals surface area contributed by atoms with Gasteiger partial charge in [-0.1, -0.05) is 33.4 Å². The highest BCUT2D eigenvalue weighted by atomic mass is 28.3. The molecule has 0 amide bonds. The summed E-state index contributed by atoms with van der Waals surface area (Å²) >= 11 is 0. The minimum absolute atomic E-state index is 0.113. The van der Waals surface area contributed by atoms with Gasteiger partial charge in [0.1, 0.15) is 5.91 Å². The summed E-state index contributed by atoms with van der Waals surface area (Å²) in [5.74, 6) is 0.827. The highest BCUT2D eigenvalue weighted by Gasteiger charge is 2.21. The summed E-state index contributed by atoms with van der Waals surface area (Å²) in [6.07, 6.45) is 0. The van der Waals surface area contributed by atoms with Gasteiger partial charge in [0.05, 0.1) is 19.0 Å². The molecular weight excluding hydrogens is 272 g/mol. The Morgan fingerprint density at radius 1 is 0.789 bits per heavy atom. The van der Waals surface area contributed by atoms with Gasteiger partial charge >= 0.3 is 0 Å². The molecule has 4 nitrogen and oxygen atoms in total. The zero-order valence-corrected chi connectivity index (χ0v) is 16.6. The largest absolute Gasteiger partial charge is 0.360 e. The van der Waals surface area contributed by atoms with Crippen LogP contribution in [-0.4, -0.2) is 80.9 Å². The standard InChI is InChI=1S/C13H34N2O2Si2/c1-7-14(8-2)12(15(9-3)10-4)18-11-19-13(16-5)17-6/h12-13H,7-11,18-19H2,1-6H3. The Morgan fingerprint density at radius 3 is 1.53 bits per heavy atom. The smallest absolute Gasteiger partial charge is 0.133 e. The van der Waals surface area contributed by atoms with Crippen LogP contribution in [0.5, 0.6) is 0 Å². The van der Waals surface area contributed by atoms with E-state index in [1.165, 1.54) is 5.67 Å². The van der Waals surface area contributed by atoms with Crippen LogP contribution in [-0.2, 0) is 9.47 Å². The molecule has 0 bridgehead atoms. The van der Waals surface area contributed by atoms with E-state index in [0.717, 1.165) is 26.2 Å². The zero-order chi connectivity index (χ0) is 14.7. The molecule has 0 saturated carbocycles. The summed E-state index contributed by atoms with van der Waals surface area (Å²) in [5.41, 5.74) is 1.41. The number of ether oxygens (including phenoxy) is 2. The second-order valence-electron chi connectivity index (χ2n) is 4.75. The van der Waals surface area contributed by atoms with Gasteiger partial charge in [0, 0.05) is 20.0 Å². The van der Waals surface area contributed by atoms with Gasteiger partial charge in [-0.25, -0.2) is 0 Å². The lowest BCUT2D eigenvalue weighted by Crippen LogP contribution is -2.52. The van der Waals surface area contributed by atoms with Gasteiger partial charge in [-0.05, 0) is 26.2 Å². The van der Waals surface area contributed by atoms with Crippen molar-refractivity contribution in [2.45, 2.75) is 45.1 Å². The van der Waals surface area contributed by atoms with Gasteiger partial charge in [0.15, 0.2) is 0 Å². The molecular formula is C13H34N2O2Si2. The minimum Gasteiger partial charge on any atom is -0.360 e. The molecule has 6 heteroatoms. The topological polar surface area (TPSA) is 24.9 Å². The molecule has 0 spiro atoms. The molecule has 0 aliphatic heterocycles. The minimum atomic E-state index is -0.248. The molecule has 0 aromatic carbocycles. The van der Waals surface area contributed by atoms with Gasteiger partial charge in [0.25, 0.3) is 0 Å². The zero-order valence-electron chi connectivity index (χ0n) is 13.8. The Morgan fingerprint density at radius 2 is 1.21 bits per heavy atom. The Bertz CT molecular complexity index is 187. The molecule has 0 heterocycles. The van der Waals surface area contributed by atoms with Crippen molar-refractivity contribution in [3.8, 4) is 0 Å². The summed E-state index contributed by atoms with van der Waals surface area (Å²) < 4.78 is 10.7. The van der Waals surface area contributed by atoms with E-state index in [1.54, 1.807) is 14.2 Å². The quantitative estimate of drug-likeness (QED) is 0.381. The van der Waals surface area contributed by atoms with Crippen LogP contribution in [0.3, 0.4) is 0 Å². The third kappa shape index (κ3) is 7.01. The molecule has 0 atom stereocenters. The molecule has 0 rings (SSSR count). The highest BCUT2D eigenvalue weighted by molar-refractivity contribution is 6.57. The maximum atomic E-state index is 5.34. The Kier molecular flexibility index (Phi) is 12.2. The van der Waals surface area contributed by atoms with E-state index >= 15 is 0 Å². The van der Waals surface area contributed by atoms with E-state index in [4.69, 9.17) is 9.47 Å². The lowest BCUT2D eigenvalue weighted by Gasteiger charge is -2.38. The molecule has 0 aliphatic carbocycles. The van der Waals surface area contributed by atoms with Crippen molar-refractivity contribution in [2.75, 3.05) is 40.4 Å². The first kappa shape index (κ1) is 19.3. The maximum Gasteiger partial charge on any atom is 0.133 e. The number of rotatable bonds is 12. The van der Waals surface area contributed by atoms with Crippen LogP contribution in [0.1, 0.15) is 27.7 Å². The SMILES string of the molecule is CCN(CC)C([SiH2]C[SiH2]C(OC)OC)N(CC)CC. The Labute approximate surface area is 124 Å². The summed E-state index contributed by atoms with van der Waals surface area (Å²) in [7, 11) is 3.15. The van der Waals surface area contributed by atoms with Crippen molar-refractivity contribution >= 4 is 19.0 Å². The summed E-state index contributed by atoms with van der Waals surface area (Å²) in [6, 6.07) is 0. The lowest BCUT2D eigenvalue weighted by molar-refractivity contribution is -0.0437. The van der Waals surface area contributed by atoms with Crippen molar-refractivity contribution in [2.24, 2.45) is 0 Å². The molecule has 19 heavy (non-hydrogen) atoms. The fraction of sp³-hybridized carbons (Fsp3) is 1.00.